The van der Waals surface area contributed by atoms with E-state index in [1.165, 1.54) is 6.07 Å². The molecule has 0 aliphatic heterocycles. The number of guanidine groups is 1. The third-order valence-corrected chi connectivity index (χ3v) is 4.26. The fourth-order valence-corrected chi connectivity index (χ4v) is 2.75. The quantitative estimate of drug-likeness (QED) is 0.328. The molecular weight excluding hydrogens is 388 g/mol. The van der Waals surface area contributed by atoms with Gasteiger partial charge >= 0.3 is 0 Å². The highest BCUT2D eigenvalue weighted by Crippen LogP contribution is 2.17. The van der Waals surface area contributed by atoms with Crippen LogP contribution in [0.3, 0.4) is 0 Å². The molecule has 1 amide bonds. The van der Waals surface area contributed by atoms with E-state index in [9.17, 15) is 4.79 Å². The lowest BCUT2D eigenvalue weighted by atomic mass is 10.0. The molecule has 152 valence electrons. The molecule has 7 nitrogen and oxygen atoms in total. The number of nitriles is 1. The van der Waals surface area contributed by atoms with Crippen LogP contribution in [-0.4, -0.2) is 24.1 Å². The van der Waals surface area contributed by atoms with Crippen LogP contribution >= 0.6 is 11.6 Å². The summed E-state index contributed by atoms with van der Waals surface area (Å²) in [6.45, 7) is 3.84. The minimum absolute atomic E-state index is 0.0247. The summed E-state index contributed by atoms with van der Waals surface area (Å²) in [4.78, 5) is 16.6. The molecule has 2 aromatic rings. The SMILES string of the molecule is CC(C)N/C(=N/C(=O)c1cccc(C#N)c1)NC(N)CC(N)c1ccc(Cl)cc1. The van der Waals surface area contributed by atoms with E-state index in [0.29, 0.717) is 22.6 Å². The topological polar surface area (TPSA) is 129 Å². The molecule has 2 atom stereocenters. The van der Waals surface area contributed by atoms with Crippen LogP contribution in [0.2, 0.25) is 5.02 Å². The second kappa shape index (κ2) is 10.6. The van der Waals surface area contributed by atoms with Crippen molar-refractivity contribution in [1.29, 1.82) is 5.26 Å². The van der Waals surface area contributed by atoms with Crippen LogP contribution in [0.5, 0.6) is 0 Å². The third kappa shape index (κ3) is 7.20. The predicted molar refractivity (Wildman–Crippen MR) is 115 cm³/mol. The summed E-state index contributed by atoms with van der Waals surface area (Å²) in [7, 11) is 0. The van der Waals surface area contributed by atoms with Gasteiger partial charge in [-0.05, 0) is 56.2 Å². The van der Waals surface area contributed by atoms with Crippen LogP contribution in [0.25, 0.3) is 0 Å². The normalized spacial score (nSPS) is 13.5. The second-order valence-electron chi connectivity index (χ2n) is 6.90. The number of rotatable bonds is 6. The zero-order valence-corrected chi connectivity index (χ0v) is 17.1. The Morgan fingerprint density at radius 2 is 1.86 bits per heavy atom. The summed E-state index contributed by atoms with van der Waals surface area (Å²) in [5, 5.41) is 15.7. The van der Waals surface area contributed by atoms with E-state index in [-0.39, 0.29) is 18.0 Å². The van der Waals surface area contributed by atoms with Crippen LogP contribution in [-0.2, 0) is 0 Å². The van der Waals surface area contributed by atoms with Crippen LogP contribution in [0.1, 0.15) is 47.8 Å². The minimum atomic E-state index is -0.538. The first-order chi connectivity index (χ1) is 13.8. The molecule has 8 heteroatoms. The van der Waals surface area contributed by atoms with Gasteiger partial charge in [-0.3, -0.25) is 4.79 Å². The standard InChI is InChI=1S/C21H25ClN6O/c1-13(2)26-21(28-20(29)16-5-3-4-14(10-16)12-23)27-19(25)11-18(24)15-6-8-17(22)9-7-15/h3-10,13,18-19H,11,24-25H2,1-2H3,(H2,26,27,28,29). The molecular formula is C21H25ClN6O. The summed E-state index contributed by atoms with van der Waals surface area (Å²) in [5.41, 5.74) is 14.0. The number of hydrogen-bond acceptors (Lipinski definition) is 4. The van der Waals surface area contributed by atoms with Crippen molar-refractivity contribution in [2.45, 2.75) is 38.5 Å². The first kappa shape index (κ1) is 22.4. The molecule has 0 saturated heterocycles. The zero-order chi connectivity index (χ0) is 21.4. The Morgan fingerprint density at radius 3 is 2.48 bits per heavy atom. The Morgan fingerprint density at radius 1 is 1.17 bits per heavy atom. The summed E-state index contributed by atoms with van der Waals surface area (Å²) in [5.74, 6) is -0.227. The Bertz CT molecular complexity index is 904. The van der Waals surface area contributed by atoms with Crippen molar-refractivity contribution in [3.8, 4) is 6.07 Å². The van der Waals surface area contributed by atoms with Crippen molar-refractivity contribution < 1.29 is 4.79 Å². The van der Waals surface area contributed by atoms with Crippen molar-refractivity contribution in [2.24, 2.45) is 16.5 Å². The van der Waals surface area contributed by atoms with Crippen molar-refractivity contribution in [3.05, 3.63) is 70.2 Å². The van der Waals surface area contributed by atoms with Gasteiger partial charge in [0.25, 0.3) is 5.91 Å². The van der Waals surface area contributed by atoms with Crippen LogP contribution in [0.15, 0.2) is 53.5 Å². The number of hydrogen-bond donors (Lipinski definition) is 4. The fourth-order valence-electron chi connectivity index (χ4n) is 2.62. The van der Waals surface area contributed by atoms with Gasteiger partial charge in [-0.25, -0.2) is 0 Å². The Kier molecular flexibility index (Phi) is 8.16. The molecule has 0 aliphatic rings. The van der Waals surface area contributed by atoms with Gasteiger partial charge in [-0.15, -0.1) is 0 Å². The third-order valence-electron chi connectivity index (χ3n) is 4.01. The maximum atomic E-state index is 12.5. The molecule has 2 aromatic carbocycles. The monoisotopic (exact) mass is 412 g/mol. The highest BCUT2D eigenvalue weighted by atomic mass is 35.5. The number of halogens is 1. The minimum Gasteiger partial charge on any atom is -0.354 e. The average Bonchev–Trinajstić information content (AvgIpc) is 2.67. The first-order valence-electron chi connectivity index (χ1n) is 9.21. The average molecular weight is 413 g/mol. The predicted octanol–water partition coefficient (Wildman–Crippen LogP) is 2.67. The van der Waals surface area contributed by atoms with Crippen LogP contribution < -0.4 is 22.1 Å². The summed E-state index contributed by atoms with van der Waals surface area (Å²) in [6.07, 6.45) is -0.123. The number of carbonyl (C=O) groups is 1. The summed E-state index contributed by atoms with van der Waals surface area (Å²) < 4.78 is 0. The number of amides is 1. The van der Waals surface area contributed by atoms with Gasteiger partial charge in [0.2, 0.25) is 5.96 Å². The van der Waals surface area contributed by atoms with E-state index in [4.69, 9.17) is 28.3 Å². The highest BCUT2D eigenvalue weighted by Gasteiger charge is 2.15. The highest BCUT2D eigenvalue weighted by molar-refractivity contribution is 6.30. The summed E-state index contributed by atoms with van der Waals surface area (Å²) >= 11 is 5.91. The Balaban J connectivity index is 2.10. The molecule has 0 fully saturated rings. The first-order valence-corrected chi connectivity index (χ1v) is 9.59. The van der Waals surface area contributed by atoms with Crippen molar-refractivity contribution in [2.75, 3.05) is 0 Å². The van der Waals surface area contributed by atoms with Crippen LogP contribution in [0.4, 0.5) is 0 Å². The smallest absolute Gasteiger partial charge is 0.280 e. The molecule has 6 N–H and O–H groups in total. The lowest BCUT2D eigenvalue weighted by Gasteiger charge is -2.22. The lowest BCUT2D eigenvalue weighted by molar-refractivity contribution is 0.100. The van der Waals surface area contributed by atoms with E-state index in [1.807, 2.05) is 32.0 Å². The van der Waals surface area contributed by atoms with Crippen molar-refractivity contribution in [3.63, 3.8) is 0 Å². The fraction of sp³-hybridized carbons (Fsp3) is 0.286. The molecule has 0 aliphatic carbocycles. The van der Waals surface area contributed by atoms with Gasteiger partial charge in [-0.1, -0.05) is 29.8 Å². The van der Waals surface area contributed by atoms with E-state index in [2.05, 4.69) is 15.6 Å². The van der Waals surface area contributed by atoms with Gasteiger partial charge in [0.15, 0.2) is 0 Å². The lowest BCUT2D eigenvalue weighted by Crippen LogP contribution is -2.50. The molecule has 0 spiro atoms. The van der Waals surface area contributed by atoms with Gasteiger partial charge in [0.05, 0.1) is 17.8 Å². The van der Waals surface area contributed by atoms with Gasteiger partial charge < -0.3 is 22.1 Å². The molecule has 0 radical (unpaired) electrons. The maximum Gasteiger partial charge on any atom is 0.280 e. The molecule has 0 bridgehead atoms. The van der Waals surface area contributed by atoms with Gasteiger partial charge in [0, 0.05) is 22.7 Å². The number of nitrogens with two attached hydrogens (primary N) is 2. The van der Waals surface area contributed by atoms with Gasteiger partial charge in [0.1, 0.15) is 0 Å². The zero-order valence-electron chi connectivity index (χ0n) is 16.4. The van der Waals surface area contributed by atoms with E-state index in [1.54, 1.807) is 30.3 Å². The molecule has 0 aromatic heterocycles. The summed E-state index contributed by atoms with van der Waals surface area (Å²) in [6, 6.07) is 15.3. The Hall–Kier alpha value is -2.92. The number of carbonyl (C=O) groups excluding carboxylic acids is 1. The van der Waals surface area contributed by atoms with Crippen LogP contribution in [0, 0.1) is 11.3 Å². The molecule has 29 heavy (non-hydrogen) atoms. The Labute approximate surface area is 175 Å². The van der Waals surface area contributed by atoms with Crippen molar-refractivity contribution >= 4 is 23.5 Å². The van der Waals surface area contributed by atoms with E-state index < -0.39 is 12.1 Å². The number of benzene rings is 2. The van der Waals surface area contributed by atoms with E-state index >= 15 is 0 Å². The molecule has 2 rings (SSSR count). The largest absolute Gasteiger partial charge is 0.354 e. The number of nitrogens with one attached hydrogen (secondary N) is 2. The molecule has 0 saturated carbocycles. The van der Waals surface area contributed by atoms with Crippen molar-refractivity contribution in [1.82, 2.24) is 10.6 Å². The van der Waals surface area contributed by atoms with Gasteiger partial charge in [-0.2, -0.15) is 10.3 Å². The van der Waals surface area contributed by atoms with E-state index in [0.717, 1.165) is 5.56 Å². The number of aliphatic imine (C=N–C) groups is 1. The second-order valence-corrected chi connectivity index (χ2v) is 7.34. The molecule has 2 unspecified atom stereocenters. The maximum absolute atomic E-state index is 12.5. The number of nitrogens with zero attached hydrogens (tertiary/aromatic N) is 2. The molecule has 0 heterocycles.